The Hall–Kier alpha value is -1.48. The normalized spacial score (nSPS) is 36.2. The van der Waals surface area contributed by atoms with Gasteiger partial charge in [-0.2, -0.15) is 0 Å². The van der Waals surface area contributed by atoms with Crippen molar-refractivity contribution in [2.24, 2.45) is 5.92 Å². The third kappa shape index (κ3) is 5.30. The van der Waals surface area contributed by atoms with E-state index in [9.17, 15) is 9.59 Å². The number of likely N-dealkylation sites (N-methyl/N-ethyl adjacent to an activating group) is 1. The van der Waals surface area contributed by atoms with Crippen molar-refractivity contribution in [1.82, 2.24) is 10.2 Å². The van der Waals surface area contributed by atoms with E-state index in [2.05, 4.69) is 32.2 Å². The lowest BCUT2D eigenvalue weighted by Crippen LogP contribution is -2.56. The Kier molecular flexibility index (Phi) is 7.46. The number of amides is 2. The maximum Gasteiger partial charge on any atom is 0.414 e. The number of allylic oxidation sites excluding steroid dienone is 1. The van der Waals surface area contributed by atoms with Gasteiger partial charge in [0.1, 0.15) is 23.4 Å². The molecule has 176 valence electrons. The molecule has 8 heteroatoms. The highest BCUT2D eigenvalue weighted by molar-refractivity contribution is 5.92. The number of rotatable bonds is 9. The van der Waals surface area contributed by atoms with Crippen LogP contribution >= 0.6 is 0 Å². The zero-order valence-electron chi connectivity index (χ0n) is 19.7. The fourth-order valence-electron chi connectivity index (χ4n) is 5.04. The van der Waals surface area contributed by atoms with Gasteiger partial charge in [0.25, 0.3) is 0 Å². The molecular weight excluding hydrogens is 400 g/mol. The van der Waals surface area contributed by atoms with Gasteiger partial charge >= 0.3 is 6.09 Å². The molecule has 3 rings (SSSR count). The number of carbonyl (C=O) groups is 2. The molecule has 0 aromatic rings. The first-order chi connectivity index (χ1) is 14.7. The maximum absolute atomic E-state index is 12.4. The van der Waals surface area contributed by atoms with Crippen LogP contribution in [-0.2, 0) is 23.7 Å². The predicted octanol–water partition coefficient (Wildman–Crippen LogP) is 2.66. The molecule has 2 heterocycles. The molecule has 0 aromatic heterocycles. The van der Waals surface area contributed by atoms with Crippen molar-refractivity contribution in [1.29, 1.82) is 0 Å². The summed E-state index contributed by atoms with van der Waals surface area (Å²) in [7, 11) is 1.63. The molecule has 1 N–H and O–H groups in total. The molecule has 0 radical (unpaired) electrons. The van der Waals surface area contributed by atoms with Crippen LogP contribution in [0.3, 0.4) is 0 Å². The monoisotopic (exact) mass is 438 g/mol. The summed E-state index contributed by atoms with van der Waals surface area (Å²) < 4.78 is 23.6. The zero-order valence-corrected chi connectivity index (χ0v) is 19.7. The lowest BCUT2D eigenvalue weighted by molar-refractivity contribution is -0.126. The quantitative estimate of drug-likeness (QED) is 0.437. The summed E-state index contributed by atoms with van der Waals surface area (Å²) in [5.41, 5.74) is 0.596. The first-order valence-corrected chi connectivity index (χ1v) is 11.4. The molecule has 2 saturated heterocycles. The minimum Gasteiger partial charge on any atom is -0.443 e. The zero-order chi connectivity index (χ0) is 22.8. The largest absolute Gasteiger partial charge is 0.443 e. The Balaban J connectivity index is 1.64. The number of nitrogens with zero attached hydrogens (tertiary/aromatic N) is 1. The molecule has 0 bridgehead atoms. The van der Waals surface area contributed by atoms with Gasteiger partial charge in [-0.1, -0.05) is 25.5 Å². The molecule has 2 aliphatic heterocycles. The van der Waals surface area contributed by atoms with Crippen LogP contribution in [0, 0.1) is 5.92 Å². The first-order valence-electron chi connectivity index (χ1n) is 11.4. The summed E-state index contributed by atoms with van der Waals surface area (Å²) in [4.78, 5) is 26.5. The number of epoxide rings is 2. The van der Waals surface area contributed by atoms with Gasteiger partial charge < -0.3 is 18.9 Å². The van der Waals surface area contributed by atoms with Crippen molar-refractivity contribution in [3.63, 3.8) is 0 Å². The Bertz CT molecular complexity index is 698. The summed E-state index contributed by atoms with van der Waals surface area (Å²) >= 11 is 0. The van der Waals surface area contributed by atoms with Crippen molar-refractivity contribution < 1.29 is 28.5 Å². The fourth-order valence-corrected chi connectivity index (χ4v) is 5.04. The Morgan fingerprint density at radius 2 is 1.94 bits per heavy atom. The minimum atomic E-state index is -0.724. The van der Waals surface area contributed by atoms with E-state index in [-0.39, 0.29) is 41.8 Å². The van der Waals surface area contributed by atoms with Crippen molar-refractivity contribution in [3.8, 4) is 0 Å². The second-order valence-corrected chi connectivity index (χ2v) is 9.33. The number of carbonyl (C=O) groups excluding carboxylic acids is 2. The van der Waals surface area contributed by atoms with E-state index < -0.39 is 12.2 Å². The van der Waals surface area contributed by atoms with Gasteiger partial charge in [0.2, 0.25) is 5.91 Å². The van der Waals surface area contributed by atoms with Crippen molar-refractivity contribution in [2.45, 2.75) is 83.4 Å². The molecule has 6 atom stereocenters. The summed E-state index contributed by atoms with van der Waals surface area (Å²) in [5, 5.41) is 2.35. The molecule has 3 aliphatic rings. The van der Waals surface area contributed by atoms with Gasteiger partial charge in [-0.05, 0) is 53.1 Å². The standard InChI is InChI=1S/C23H38N2O6/c1-7-25(8-2)13-18(26)24-21(27)30-16-11-12-23(14-29-23)20(19(16)28-6)22(5)17(31-22)10-9-15(3)4/h9,16-17,19-20H,7-8,10-14H2,1-6H3,(H,24,26,27). The summed E-state index contributed by atoms with van der Waals surface area (Å²) in [6.07, 6.45) is 2.97. The van der Waals surface area contributed by atoms with E-state index in [1.807, 2.05) is 18.7 Å². The molecule has 8 nitrogen and oxygen atoms in total. The van der Waals surface area contributed by atoms with Crippen LogP contribution in [0.25, 0.3) is 0 Å². The number of ether oxygens (including phenoxy) is 4. The van der Waals surface area contributed by atoms with Crippen LogP contribution in [-0.4, -0.2) is 79.8 Å². The summed E-state index contributed by atoms with van der Waals surface area (Å²) in [5.74, 6) is -0.408. The smallest absolute Gasteiger partial charge is 0.414 e. The number of imide groups is 1. The molecule has 1 aliphatic carbocycles. The fraction of sp³-hybridized carbons (Fsp3) is 0.826. The molecule has 1 spiro atoms. The lowest BCUT2D eigenvalue weighted by atomic mass is 9.68. The van der Waals surface area contributed by atoms with Crippen LogP contribution in [0.2, 0.25) is 0 Å². The number of hydrogen-bond acceptors (Lipinski definition) is 7. The average Bonchev–Trinajstić information content (AvgIpc) is 3.63. The Morgan fingerprint density at radius 3 is 2.48 bits per heavy atom. The van der Waals surface area contributed by atoms with Crippen molar-refractivity contribution in [2.75, 3.05) is 33.4 Å². The first kappa shape index (κ1) is 24.2. The second-order valence-electron chi connectivity index (χ2n) is 9.33. The van der Waals surface area contributed by atoms with Gasteiger partial charge in [0.05, 0.1) is 25.2 Å². The molecule has 0 aromatic carbocycles. The predicted molar refractivity (Wildman–Crippen MR) is 116 cm³/mol. The Morgan fingerprint density at radius 1 is 1.26 bits per heavy atom. The number of alkyl carbamates (subject to hydrolysis) is 1. The van der Waals surface area contributed by atoms with E-state index in [4.69, 9.17) is 18.9 Å². The van der Waals surface area contributed by atoms with E-state index in [1.165, 1.54) is 5.57 Å². The third-order valence-electron chi connectivity index (χ3n) is 7.00. The van der Waals surface area contributed by atoms with E-state index in [0.29, 0.717) is 13.0 Å². The van der Waals surface area contributed by atoms with Crippen LogP contribution < -0.4 is 5.32 Å². The summed E-state index contributed by atoms with van der Waals surface area (Å²) in [6.45, 7) is 12.5. The molecular formula is C23H38N2O6. The Labute approximate surface area is 185 Å². The van der Waals surface area contributed by atoms with Gasteiger partial charge in [0, 0.05) is 7.11 Å². The van der Waals surface area contributed by atoms with E-state index in [0.717, 1.165) is 25.9 Å². The van der Waals surface area contributed by atoms with Crippen molar-refractivity contribution in [3.05, 3.63) is 11.6 Å². The maximum atomic E-state index is 12.4. The van der Waals surface area contributed by atoms with Gasteiger partial charge in [-0.15, -0.1) is 0 Å². The average molecular weight is 439 g/mol. The highest BCUT2D eigenvalue weighted by atomic mass is 16.6. The van der Waals surface area contributed by atoms with Crippen LogP contribution in [0.1, 0.15) is 53.9 Å². The highest BCUT2D eigenvalue weighted by Gasteiger charge is 2.72. The topological polar surface area (TPSA) is 92.9 Å². The summed E-state index contributed by atoms with van der Waals surface area (Å²) in [6, 6.07) is 0. The molecule has 2 amide bonds. The van der Waals surface area contributed by atoms with Gasteiger partial charge in [-0.3, -0.25) is 15.0 Å². The third-order valence-corrected chi connectivity index (χ3v) is 7.00. The van der Waals surface area contributed by atoms with Gasteiger partial charge in [0.15, 0.2) is 0 Å². The van der Waals surface area contributed by atoms with Crippen LogP contribution in [0.5, 0.6) is 0 Å². The van der Waals surface area contributed by atoms with Gasteiger partial charge in [-0.25, -0.2) is 4.79 Å². The van der Waals surface area contributed by atoms with E-state index in [1.54, 1.807) is 7.11 Å². The highest BCUT2D eigenvalue weighted by Crippen LogP contribution is 2.59. The number of nitrogens with one attached hydrogen (secondary N) is 1. The second kappa shape index (κ2) is 9.57. The van der Waals surface area contributed by atoms with E-state index >= 15 is 0 Å². The molecule has 1 saturated carbocycles. The molecule has 31 heavy (non-hydrogen) atoms. The van der Waals surface area contributed by atoms with Crippen molar-refractivity contribution >= 4 is 12.0 Å². The lowest BCUT2D eigenvalue weighted by Gasteiger charge is -2.42. The molecule has 3 fully saturated rings. The molecule has 6 unspecified atom stereocenters. The SMILES string of the molecule is CCN(CC)CC(=O)NC(=O)OC1CCC2(CO2)C(C2(C)OC2CC=C(C)C)C1OC. The number of methoxy groups -OCH3 is 1. The number of hydrogen-bond donors (Lipinski definition) is 1. The minimum absolute atomic E-state index is 0.0431. The van der Waals surface area contributed by atoms with Crippen LogP contribution in [0.15, 0.2) is 11.6 Å². The van der Waals surface area contributed by atoms with Crippen LogP contribution in [0.4, 0.5) is 4.79 Å².